The van der Waals surface area contributed by atoms with Gasteiger partial charge in [0.2, 0.25) is 0 Å². The fourth-order valence-corrected chi connectivity index (χ4v) is 3.41. The summed E-state index contributed by atoms with van der Waals surface area (Å²) in [5.41, 5.74) is 6.27. The van der Waals surface area contributed by atoms with Crippen molar-refractivity contribution in [3.05, 3.63) is 39.8 Å². The van der Waals surface area contributed by atoms with Crippen LogP contribution < -0.4 is 5.32 Å². The number of hydrogen-bond acceptors (Lipinski definition) is 5. The first kappa shape index (κ1) is 17.4. The third-order valence-electron chi connectivity index (χ3n) is 4.89. The van der Waals surface area contributed by atoms with E-state index < -0.39 is 0 Å². The minimum absolute atomic E-state index is 0.616. The highest BCUT2D eigenvalue weighted by molar-refractivity contribution is 5.55. The van der Waals surface area contributed by atoms with Crippen LogP contribution in [0.25, 0.3) is 0 Å². The van der Waals surface area contributed by atoms with Gasteiger partial charge in [-0.3, -0.25) is 4.68 Å². The summed E-state index contributed by atoms with van der Waals surface area (Å²) in [4.78, 5) is 4.73. The van der Waals surface area contributed by atoms with Crippen molar-refractivity contribution in [2.45, 2.75) is 52.6 Å². The van der Waals surface area contributed by atoms with E-state index in [1.54, 1.807) is 7.11 Å². The molecule has 1 N–H and O–H groups in total. The second-order valence-corrected chi connectivity index (χ2v) is 6.53. The van der Waals surface area contributed by atoms with E-state index in [-0.39, 0.29) is 0 Å². The van der Waals surface area contributed by atoms with Crippen molar-refractivity contribution in [3.63, 3.8) is 0 Å². The fraction of sp³-hybridized carbons (Fsp3) is 0.526. The Balaban J connectivity index is 1.80. The first-order valence-corrected chi connectivity index (χ1v) is 8.82. The Kier molecular flexibility index (Phi) is 5.34. The van der Waals surface area contributed by atoms with Gasteiger partial charge in [-0.1, -0.05) is 0 Å². The number of nitrogens with zero attached hydrogens (tertiary/aromatic N) is 4. The van der Waals surface area contributed by atoms with Crippen molar-refractivity contribution in [1.82, 2.24) is 14.8 Å². The van der Waals surface area contributed by atoms with E-state index >= 15 is 0 Å². The Morgan fingerprint density at radius 2 is 2.12 bits per heavy atom. The number of nitriles is 1. The van der Waals surface area contributed by atoms with E-state index in [0.717, 1.165) is 42.0 Å². The first-order chi connectivity index (χ1) is 12.1. The molecular weight excluding hydrogens is 314 g/mol. The minimum atomic E-state index is 0.616. The molecule has 2 aromatic rings. The molecule has 2 aromatic heterocycles. The van der Waals surface area contributed by atoms with Gasteiger partial charge in [-0.2, -0.15) is 10.4 Å². The lowest BCUT2D eigenvalue weighted by atomic mass is 9.95. The van der Waals surface area contributed by atoms with Crippen LogP contribution in [0.5, 0.6) is 0 Å². The van der Waals surface area contributed by atoms with Crippen LogP contribution in [0.1, 0.15) is 46.6 Å². The molecule has 132 valence electrons. The highest BCUT2D eigenvalue weighted by Crippen LogP contribution is 2.25. The number of aryl methyl sites for hydroxylation is 3. The number of rotatable bonds is 6. The van der Waals surface area contributed by atoms with Crippen molar-refractivity contribution in [3.8, 4) is 6.07 Å². The van der Waals surface area contributed by atoms with Crippen molar-refractivity contribution in [2.24, 2.45) is 0 Å². The zero-order valence-electron chi connectivity index (χ0n) is 15.2. The highest BCUT2D eigenvalue weighted by atomic mass is 16.5. The average molecular weight is 339 g/mol. The molecule has 6 nitrogen and oxygen atoms in total. The predicted octanol–water partition coefficient (Wildman–Crippen LogP) is 2.90. The largest absolute Gasteiger partial charge is 0.383 e. The van der Waals surface area contributed by atoms with Crippen LogP contribution in [0.15, 0.2) is 6.07 Å². The van der Waals surface area contributed by atoms with E-state index in [2.05, 4.69) is 23.4 Å². The summed E-state index contributed by atoms with van der Waals surface area (Å²) in [6.07, 6.45) is 4.39. The van der Waals surface area contributed by atoms with Crippen LogP contribution in [-0.4, -0.2) is 28.5 Å². The van der Waals surface area contributed by atoms with Gasteiger partial charge in [-0.05, 0) is 51.2 Å². The number of ether oxygens (including phenoxy) is 1. The highest BCUT2D eigenvalue weighted by Gasteiger charge is 2.16. The minimum Gasteiger partial charge on any atom is -0.383 e. The van der Waals surface area contributed by atoms with E-state index in [9.17, 15) is 5.26 Å². The van der Waals surface area contributed by atoms with Gasteiger partial charge in [0, 0.05) is 30.6 Å². The monoisotopic (exact) mass is 339 g/mol. The third kappa shape index (κ3) is 3.67. The van der Waals surface area contributed by atoms with E-state index in [0.29, 0.717) is 24.5 Å². The maximum atomic E-state index is 9.47. The van der Waals surface area contributed by atoms with Gasteiger partial charge >= 0.3 is 0 Å². The first-order valence-electron chi connectivity index (χ1n) is 8.82. The molecule has 0 radical (unpaired) electrons. The Morgan fingerprint density at radius 3 is 2.88 bits per heavy atom. The molecule has 0 bridgehead atoms. The molecule has 0 aliphatic heterocycles. The lowest BCUT2D eigenvalue weighted by molar-refractivity contribution is 0.182. The number of anilines is 1. The number of nitrogens with one attached hydrogen (secondary N) is 1. The second-order valence-electron chi connectivity index (χ2n) is 6.53. The molecule has 0 unspecified atom stereocenters. The fourth-order valence-electron chi connectivity index (χ4n) is 3.41. The third-order valence-corrected chi connectivity index (χ3v) is 4.89. The van der Waals surface area contributed by atoms with Crippen molar-refractivity contribution < 1.29 is 4.74 Å². The summed E-state index contributed by atoms with van der Waals surface area (Å²) in [7, 11) is 1.69. The number of methoxy groups -OCH3 is 1. The van der Waals surface area contributed by atoms with Crippen molar-refractivity contribution in [2.75, 3.05) is 19.0 Å². The van der Waals surface area contributed by atoms with Gasteiger partial charge in [-0.25, -0.2) is 4.98 Å². The van der Waals surface area contributed by atoms with Crippen LogP contribution in [0.3, 0.4) is 0 Å². The summed E-state index contributed by atoms with van der Waals surface area (Å²) in [6, 6.07) is 4.29. The standard InChI is InChI=1S/C19H25N5O/c1-13-17(14(2)24(23-13)8-9-25-3)12-21-19-16(11-20)10-15-6-4-5-7-18(15)22-19/h10H,4-9,12H2,1-3H3,(H,21,22). The molecule has 2 heterocycles. The molecule has 1 aliphatic carbocycles. The lowest BCUT2D eigenvalue weighted by Crippen LogP contribution is -2.11. The van der Waals surface area contributed by atoms with E-state index in [4.69, 9.17) is 9.72 Å². The molecule has 25 heavy (non-hydrogen) atoms. The Labute approximate surface area is 148 Å². The zero-order chi connectivity index (χ0) is 17.8. The normalized spacial score (nSPS) is 13.4. The molecule has 0 saturated heterocycles. The summed E-state index contributed by atoms with van der Waals surface area (Å²) in [5.74, 6) is 0.687. The maximum absolute atomic E-state index is 9.47. The Hall–Kier alpha value is -2.39. The average Bonchev–Trinajstić information content (AvgIpc) is 2.90. The smallest absolute Gasteiger partial charge is 0.144 e. The van der Waals surface area contributed by atoms with Crippen molar-refractivity contribution >= 4 is 5.82 Å². The van der Waals surface area contributed by atoms with Gasteiger partial charge in [0.25, 0.3) is 0 Å². The Bertz CT molecular complexity index is 803. The van der Waals surface area contributed by atoms with Crippen LogP contribution >= 0.6 is 0 Å². The summed E-state index contributed by atoms with van der Waals surface area (Å²) in [5, 5.41) is 17.4. The Morgan fingerprint density at radius 1 is 1.32 bits per heavy atom. The van der Waals surface area contributed by atoms with E-state index in [1.165, 1.54) is 18.4 Å². The molecule has 1 aliphatic rings. The number of aromatic nitrogens is 3. The molecule has 0 amide bonds. The van der Waals surface area contributed by atoms with Gasteiger partial charge in [-0.15, -0.1) is 0 Å². The predicted molar refractivity (Wildman–Crippen MR) is 96.5 cm³/mol. The van der Waals surface area contributed by atoms with Crippen molar-refractivity contribution in [1.29, 1.82) is 5.26 Å². The summed E-state index contributed by atoms with van der Waals surface area (Å²) >= 11 is 0. The van der Waals surface area contributed by atoms with E-state index in [1.807, 2.05) is 17.7 Å². The molecule has 0 aromatic carbocycles. The van der Waals surface area contributed by atoms with Crippen LogP contribution in [0.2, 0.25) is 0 Å². The van der Waals surface area contributed by atoms with Gasteiger partial charge < -0.3 is 10.1 Å². The molecular formula is C19H25N5O. The topological polar surface area (TPSA) is 75.8 Å². The van der Waals surface area contributed by atoms with Gasteiger partial charge in [0.15, 0.2) is 0 Å². The van der Waals surface area contributed by atoms with Gasteiger partial charge in [0.05, 0.1) is 24.4 Å². The van der Waals surface area contributed by atoms with Crippen LogP contribution in [0, 0.1) is 25.2 Å². The molecule has 0 fully saturated rings. The SMILES string of the molecule is COCCn1nc(C)c(CNc2nc3c(cc2C#N)CCCC3)c1C. The summed E-state index contributed by atoms with van der Waals surface area (Å²) < 4.78 is 7.11. The van der Waals surface area contributed by atoms with Crippen LogP contribution in [-0.2, 0) is 30.7 Å². The number of fused-ring (bicyclic) bond motifs is 1. The quantitative estimate of drug-likeness (QED) is 0.876. The maximum Gasteiger partial charge on any atom is 0.144 e. The lowest BCUT2D eigenvalue weighted by Gasteiger charge is -2.17. The zero-order valence-corrected chi connectivity index (χ0v) is 15.2. The second kappa shape index (κ2) is 7.66. The number of pyridine rings is 1. The van der Waals surface area contributed by atoms with Gasteiger partial charge in [0.1, 0.15) is 11.9 Å². The summed E-state index contributed by atoms with van der Waals surface area (Å²) in [6.45, 7) is 6.07. The van der Waals surface area contributed by atoms with Crippen LogP contribution in [0.4, 0.5) is 5.82 Å². The molecule has 6 heteroatoms. The molecule has 0 spiro atoms. The number of hydrogen-bond donors (Lipinski definition) is 1. The molecule has 0 atom stereocenters. The molecule has 3 rings (SSSR count). The molecule has 0 saturated carbocycles.